The van der Waals surface area contributed by atoms with Gasteiger partial charge in [0.1, 0.15) is 5.84 Å². The highest BCUT2D eigenvalue weighted by Crippen LogP contribution is 2.49. The Labute approximate surface area is 110 Å². The lowest BCUT2D eigenvalue weighted by atomic mass is 9.86. The summed E-state index contributed by atoms with van der Waals surface area (Å²) in [7, 11) is 2.24. The van der Waals surface area contributed by atoms with Crippen LogP contribution in [0.15, 0.2) is 5.16 Å². The molecule has 0 radical (unpaired) electrons. The molecular weight excluding hydrogens is 226 g/mol. The first-order valence-electron chi connectivity index (χ1n) is 7.21. The van der Waals surface area contributed by atoms with Crippen molar-refractivity contribution < 1.29 is 5.21 Å². The van der Waals surface area contributed by atoms with E-state index in [-0.39, 0.29) is 0 Å². The number of nitrogens with zero attached hydrogens (tertiary/aromatic N) is 2. The van der Waals surface area contributed by atoms with Gasteiger partial charge in [-0.2, -0.15) is 0 Å². The zero-order valence-electron chi connectivity index (χ0n) is 11.7. The normalized spacial score (nSPS) is 31.6. The van der Waals surface area contributed by atoms with Crippen LogP contribution in [0.4, 0.5) is 0 Å². The molecule has 2 rings (SSSR count). The van der Waals surface area contributed by atoms with Crippen molar-refractivity contribution in [1.82, 2.24) is 4.90 Å². The highest BCUT2D eigenvalue weighted by atomic mass is 16.4. The molecule has 0 saturated heterocycles. The molecule has 3 N–H and O–H groups in total. The first-order valence-corrected chi connectivity index (χ1v) is 7.21. The van der Waals surface area contributed by atoms with Crippen molar-refractivity contribution in [3.05, 3.63) is 0 Å². The number of rotatable bonds is 5. The molecule has 0 aromatic heterocycles. The predicted octanol–water partition coefficient (Wildman–Crippen LogP) is 2.41. The molecule has 2 aliphatic carbocycles. The quantitative estimate of drug-likeness (QED) is 0.342. The molecule has 0 aliphatic heterocycles. The number of hydrogen-bond acceptors (Lipinski definition) is 3. The topological polar surface area (TPSA) is 61.8 Å². The van der Waals surface area contributed by atoms with Crippen molar-refractivity contribution in [2.24, 2.45) is 22.2 Å². The van der Waals surface area contributed by atoms with Crippen LogP contribution < -0.4 is 5.73 Å². The molecule has 0 bridgehead atoms. The fraction of sp³-hybridized carbons (Fsp3) is 0.929. The molecule has 0 atom stereocenters. The Balaban J connectivity index is 1.82. The van der Waals surface area contributed by atoms with Gasteiger partial charge in [-0.15, -0.1) is 0 Å². The molecule has 0 spiro atoms. The van der Waals surface area contributed by atoms with E-state index in [4.69, 9.17) is 10.9 Å². The summed E-state index contributed by atoms with van der Waals surface area (Å²) >= 11 is 0. The first kappa shape index (κ1) is 13.7. The molecule has 2 aliphatic rings. The Morgan fingerprint density at radius 3 is 2.44 bits per heavy atom. The van der Waals surface area contributed by atoms with E-state index >= 15 is 0 Å². The van der Waals surface area contributed by atoms with Crippen LogP contribution >= 0.6 is 0 Å². The maximum atomic E-state index is 8.69. The van der Waals surface area contributed by atoms with Gasteiger partial charge >= 0.3 is 0 Å². The van der Waals surface area contributed by atoms with Crippen molar-refractivity contribution in [2.75, 3.05) is 13.6 Å². The van der Waals surface area contributed by atoms with E-state index in [1.54, 1.807) is 0 Å². The smallest absolute Gasteiger partial charge is 0.139 e. The van der Waals surface area contributed by atoms with Gasteiger partial charge in [0.05, 0.1) is 0 Å². The lowest BCUT2D eigenvalue weighted by Gasteiger charge is -2.35. The Morgan fingerprint density at radius 1 is 1.33 bits per heavy atom. The largest absolute Gasteiger partial charge is 0.409 e. The summed E-state index contributed by atoms with van der Waals surface area (Å²) in [6.45, 7) is 3.46. The lowest BCUT2D eigenvalue weighted by molar-refractivity contribution is 0.144. The van der Waals surface area contributed by atoms with E-state index < -0.39 is 0 Å². The van der Waals surface area contributed by atoms with Crippen LogP contribution in [0, 0.1) is 11.3 Å². The van der Waals surface area contributed by atoms with Gasteiger partial charge in [0.15, 0.2) is 0 Å². The molecule has 18 heavy (non-hydrogen) atoms. The number of nitrogens with two attached hydrogens (primary N) is 1. The van der Waals surface area contributed by atoms with Gasteiger partial charge in [0.2, 0.25) is 0 Å². The zero-order valence-corrected chi connectivity index (χ0v) is 11.7. The summed E-state index contributed by atoms with van der Waals surface area (Å²) in [5.74, 6) is 1.29. The van der Waals surface area contributed by atoms with Crippen molar-refractivity contribution in [1.29, 1.82) is 0 Å². The third-order valence-corrected chi connectivity index (χ3v) is 4.84. The van der Waals surface area contributed by atoms with Crippen LogP contribution in [0.5, 0.6) is 0 Å². The highest BCUT2D eigenvalue weighted by Gasteiger charge is 2.44. The predicted molar refractivity (Wildman–Crippen MR) is 73.7 cm³/mol. The number of amidine groups is 1. The summed E-state index contributed by atoms with van der Waals surface area (Å²) in [5.41, 5.74) is 5.95. The Bertz CT molecular complexity index is 304. The standard InChI is InChI=1S/C14H27N3O/c1-11-3-5-12(6-4-11)17(2)10-14(7-8-14)9-13(15)16-18/h11-12,18H,3-10H2,1-2H3,(H2,15,16). The van der Waals surface area contributed by atoms with Crippen LogP contribution in [0.1, 0.15) is 51.9 Å². The van der Waals surface area contributed by atoms with Crippen molar-refractivity contribution in [2.45, 2.75) is 57.9 Å². The molecule has 0 unspecified atom stereocenters. The summed E-state index contributed by atoms with van der Waals surface area (Å²) in [6.07, 6.45) is 8.57. The minimum atomic E-state index is 0.300. The van der Waals surface area contributed by atoms with Crippen LogP contribution in [0.2, 0.25) is 0 Å². The molecule has 0 heterocycles. The van der Waals surface area contributed by atoms with Gasteiger partial charge in [-0.1, -0.05) is 12.1 Å². The van der Waals surface area contributed by atoms with E-state index in [1.807, 2.05) is 0 Å². The fourth-order valence-electron chi connectivity index (χ4n) is 3.33. The number of hydrogen-bond donors (Lipinski definition) is 2. The minimum Gasteiger partial charge on any atom is -0.409 e. The maximum Gasteiger partial charge on any atom is 0.139 e. The molecule has 2 fully saturated rings. The van der Waals surface area contributed by atoms with Gasteiger partial charge in [0.25, 0.3) is 0 Å². The Kier molecular flexibility index (Phi) is 4.15. The van der Waals surface area contributed by atoms with Gasteiger partial charge in [-0.3, -0.25) is 0 Å². The third-order valence-electron chi connectivity index (χ3n) is 4.84. The summed E-state index contributed by atoms with van der Waals surface area (Å²) in [4.78, 5) is 2.52. The molecule has 4 nitrogen and oxygen atoms in total. The van der Waals surface area contributed by atoms with E-state index in [0.29, 0.717) is 11.3 Å². The van der Waals surface area contributed by atoms with Crippen LogP contribution in [0.25, 0.3) is 0 Å². The molecule has 104 valence electrons. The van der Waals surface area contributed by atoms with Gasteiger partial charge in [-0.25, -0.2) is 0 Å². The van der Waals surface area contributed by atoms with E-state index in [2.05, 4.69) is 24.0 Å². The second kappa shape index (κ2) is 5.47. The maximum absolute atomic E-state index is 8.69. The molecule has 0 aromatic rings. The van der Waals surface area contributed by atoms with Crippen molar-refractivity contribution >= 4 is 5.84 Å². The minimum absolute atomic E-state index is 0.300. The average molecular weight is 253 g/mol. The van der Waals surface area contributed by atoms with Gasteiger partial charge < -0.3 is 15.8 Å². The second-order valence-corrected chi connectivity index (χ2v) is 6.60. The molecule has 2 saturated carbocycles. The zero-order chi connectivity index (χ0) is 13.2. The first-order chi connectivity index (χ1) is 8.54. The molecule has 4 heteroatoms. The van der Waals surface area contributed by atoms with Crippen molar-refractivity contribution in [3.8, 4) is 0 Å². The average Bonchev–Trinajstić information content (AvgIpc) is 3.09. The van der Waals surface area contributed by atoms with Crippen LogP contribution in [-0.4, -0.2) is 35.6 Å². The molecule has 0 amide bonds. The molecule has 0 aromatic carbocycles. The molecular formula is C14H27N3O. The highest BCUT2D eigenvalue weighted by molar-refractivity contribution is 5.80. The van der Waals surface area contributed by atoms with Crippen LogP contribution in [-0.2, 0) is 0 Å². The lowest BCUT2D eigenvalue weighted by Crippen LogP contribution is -2.39. The van der Waals surface area contributed by atoms with Crippen molar-refractivity contribution in [3.63, 3.8) is 0 Å². The summed E-state index contributed by atoms with van der Waals surface area (Å²) in [6, 6.07) is 0.742. The van der Waals surface area contributed by atoms with E-state index in [0.717, 1.165) is 24.9 Å². The van der Waals surface area contributed by atoms with Gasteiger partial charge in [-0.05, 0) is 56.9 Å². The Hall–Kier alpha value is -0.770. The van der Waals surface area contributed by atoms with E-state index in [9.17, 15) is 0 Å². The van der Waals surface area contributed by atoms with Crippen LogP contribution in [0.3, 0.4) is 0 Å². The summed E-state index contributed by atoms with van der Waals surface area (Å²) in [5, 5.41) is 11.8. The SMILES string of the molecule is CC1CCC(N(C)CC2(CC(N)=NO)CC2)CC1. The fourth-order valence-corrected chi connectivity index (χ4v) is 3.33. The second-order valence-electron chi connectivity index (χ2n) is 6.60. The number of oxime groups is 1. The van der Waals surface area contributed by atoms with Gasteiger partial charge in [0, 0.05) is 19.0 Å². The summed E-state index contributed by atoms with van der Waals surface area (Å²) < 4.78 is 0. The Morgan fingerprint density at radius 2 is 1.94 bits per heavy atom. The van der Waals surface area contributed by atoms with E-state index in [1.165, 1.54) is 38.5 Å². The third kappa shape index (κ3) is 3.37. The monoisotopic (exact) mass is 253 g/mol.